The average Bonchev–Trinajstić information content (AvgIpc) is 2.75. The monoisotopic (exact) mass is 306 g/mol. The van der Waals surface area contributed by atoms with Crippen molar-refractivity contribution in [1.82, 2.24) is 9.97 Å². The van der Waals surface area contributed by atoms with Crippen LogP contribution in [-0.4, -0.2) is 9.97 Å². The van der Waals surface area contributed by atoms with E-state index in [0.29, 0.717) is 5.02 Å². The number of benzene rings is 2. The number of halogens is 2. The molecule has 0 bridgehead atoms. The second-order valence-electron chi connectivity index (χ2n) is 3.73. The Morgan fingerprint density at radius 1 is 1.12 bits per heavy atom. The predicted molar refractivity (Wildman–Crippen MR) is 74.2 cm³/mol. The van der Waals surface area contributed by atoms with Gasteiger partial charge < -0.3 is 4.98 Å². The highest BCUT2D eigenvalue weighted by atomic mass is 79.9. The molecule has 0 aliphatic rings. The number of nitrogens with one attached hydrogen (secondary N) is 1. The van der Waals surface area contributed by atoms with Gasteiger partial charge in [0.15, 0.2) is 0 Å². The molecule has 1 N–H and O–H groups in total. The molecule has 0 saturated carbocycles. The van der Waals surface area contributed by atoms with Crippen LogP contribution in [0.5, 0.6) is 0 Å². The Bertz CT molecular complexity index is 658. The number of aromatic nitrogens is 2. The number of hydrogen-bond acceptors (Lipinski definition) is 1. The Balaban J connectivity index is 2.23. The smallest absolute Gasteiger partial charge is 0.140 e. The molecule has 3 rings (SSSR count). The summed E-state index contributed by atoms with van der Waals surface area (Å²) < 4.78 is 0.984. The Labute approximate surface area is 112 Å². The van der Waals surface area contributed by atoms with Crippen molar-refractivity contribution in [2.24, 2.45) is 0 Å². The maximum Gasteiger partial charge on any atom is 0.140 e. The second kappa shape index (κ2) is 4.17. The Hall–Kier alpha value is -1.32. The van der Waals surface area contributed by atoms with Gasteiger partial charge in [0.05, 0.1) is 16.1 Å². The molecule has 0 atom stereocenters. The fourth-order valence-electron chi connectivity index (χ4n) is 1.76. The van der Waals surface area contributed by atoms with Gasteiger partial charge in [-0.1, -0.05) is 39.7 Å². The molecule has 0 spiro atoms. The second-order valence-corrected chi connectivity index (χ2v) is 5.05. The lowest BCUT2D eigenvalue weighted by atomic mass is 10.2. The van der Waals surface area contributed by atoms with E-state index in [1.807, 2.05) is 42.5 Å². The van der Waals surface area contributed by atoms with E-state index in [4.69, 9.17) is 11.6 Å². The van der Waals surface area contributed by atoms with E-state index in [9.17, 15) is 0 Å². The third-order valence-corrected chi connectivity index (χ3v) is 3.40. The molecule has 0 fully saturated rings. The number of hydrogen-bond donors (Lipinski definition) is 1. The largest absolute Gasteiger partial charge is 0.338 e. The normalized spacial score (nSPS) is 10.9. The Morgan fingerprint density at radius 3 is 2.76 bits per heavy atom. The van der Waals surface area contributed by atoms with Crippen molar-refractivity contribution >= 4 is 38.6 Å². The fourth-order valence-corrected chi connectivity index (χ4v) is 2.33. The van der Waals surface area contributed by atoms with Gasteiger partial charge >= 0.3 is 0 Å². The SMILES string of the molecule is Clc1ccc(Br)cc1-c1nc2ccccc2[nH]1. The third-order valence-electron chi connectivity index (χ3n) is 2.57. The summed E-state index contributed by atoms with van der Waals surface area (Å²) in [5.74, 6) is 0.789. The predicted octanol–water partition coefficient (Wildman–Crippen LogP) is 4.65. The zero-order chi connectivity index (χ0) is 11.8. The first kappa shape index (κ1) is 10.8. The van der Waals surface area contributed by atoms with Crippen LogP contribution < -0.4 is 0 Å². The molecule has 0 aliphatic heterocycles. The lowest BCUT2D eigenvalue weighted by Gasteiger charge is -2.00. The molecular formula is C13H8BrClN2. The molecule has 17 heavy (non-hydrogen) atoms. The first-order valence-corrected chi connectivity index (χ1v) is 6.31. The van der Waals surface area contributed by atoms with Gasteiger partial charge in [-0.25, -0.2) is 4.98 Å². The first-order valence-electron chi connectivity index (χ1n) is 5.14. The standard InChI is InChI=1S/C13H8BrClN2/c14-8-5-6-10(15)9(7-8)13-16-11-3-1-2-4-12(11)17-13/h1-7H,(H,16,17). The van der Waals surface area contributed by atoms with Crippen LogP contribution in [0.15, 0.2) is 46.9 Å². The minimum absolute atomic E-state index is 0.687. The van der Waals surface area contributed by atoms with Gasteiger partial charge in [-0.05, 0) is 30.3 Å². The molecule has 1 aromatic heterocycles. The first-order chi connectivity index (χ1) is 8.24. The quantitative estimate of drug-likeness (QED) is 0.697. The third kappa shape index (κ3) is 1.96. The van der Waals surface area contributed by atoms with Crippen LogP contribution in [0.1, 0.15) is 0 Å². The summed E-state index contributed by atoms with van der Waals surface area (Å²) in [6.45, 7) is 0. The molecular weight excluding hydrogens is 300 g/mol. The lowest BCUT2D eigenvalue weighted by Crippen LogP contribution is -1.82. The van der Waals surface area contributed by atoms with Crippen LogP contribution >= 0.6 is 27.5 Å². The molecule has 0 amide bonds. The van der Waals surface area contributed by atoms with Gasteiger partial charge in [-0.3, -0.25) is 0 Å². The molecule has 2 nitrogen and oxygen atoms in total. The van der Waals surface area contributed by atoms with Crippen molar-refractivity contribution in [2.45, 2.75) is 0 Å². The highest BCUT2D eigenvalue weighted by Gasteiger charge is 2.08. The maximum atomic E-state index is 6.18. The summed E-state index contributed by atoms with van der Waals surface area (Å²) in [7, 11) is 0. The number of imidazole rings is 1. The van der Waals surface area contributed by atoms with Gasteiger partial charge in [-0.15, -0.1) is 0 Å². The van der Waals surface area contributed by atoms with Crippen molar-refractivity contribution in [3.05, 3.63) is 52.0 Å². The average molecular weight is 308 g/mol. The summed E-state index contributed by atoms with van der Waals surface area (Å²) in [5.41, 5.74) is 2.86. The molecule has 1 heterocycles. The molecule has 0 aliphatic carbocycles. The van der Waals surface area contributed by atoms with E-state index in [0.717, 1.165) is 26.9 Å². The van der Waals surface area contributed by atoms with Gasteiger partial charge in [-0.2, -0.15) is 0 Å². The Kier molecular flexibility index (Phi) is 2.65. The highest BCUT2D eigenvalue weighted by Crippen LogP contribution is 2.30. The lowest BCUT2D eigenvalue weighted by molar-refractivity contribution is 1.33. The topological polar surface area (TPSA) is 28.7 Å². The van der Waals surface area contributed by atoms with E-state index < -0.39 is 0 Å². The molecule has 84 valence electrons. The number of fused-ring (bicyclic) bond motifs is 1. The minimum atomic E-state index is 0.687. The van der Waals surface area contributed by atoms with Crippen molar-refractivity contribution in [1.29, 1.82) is 0 Å². The van der Waals surface area contributed by atoms with Gasteiger partial charge in [0.2, 0.25) is 0 Å². The fraction of sp³-hybridized carbons (Fsp3) is 0. The van der Waals surface area contributed by atoms with Crippen LogP contribution in [0.3, 0.4) is 0 Å². The highest BCUT2D eigenvalue weighted by molar-refractivity contribution is 9.10. The van der Waals surface area contributed by atoms with E-state index in [1.165, 1.54) is 0 Å². The number of nitrogens with zero attached hydrogens (tertiary/aromatic N) is 1. The van der Waals surface area contributed by atoms with Crippen molar-refractivity contribution in [2.75, 3.05) is 0 Å². The summed E-state index contributed by atoms with van der Waals surface area (Å²) >= 11 is 9.61. The number of H-pyrrole nitrogens is 1. The number of para-hydroxylation sites is 2. The van der Waals surface area contributed by atoms with E-state index in [1.54, 1.807) is 0 Å². The van der Waals surface area contributed by atoms with Crippen molar-refractivity contribution in [3.63, 3.8) is 0 Å². The summed E-state index contributed by atoms with van der Waals surface area (Å²) in [6, 6.07) is 13.6. The van der Waals surface area contributed by atoms with Gasteiger partial charge in [0.1, 0.15) is 5.82 Å². The summed E-state index contributed by atoms with van der Waals surface area (Å²) in [4.78, 5) is 7.79. The number of rotatable bonds is 1. The van der Waals surface area contributed by atoms with Crippen LogP contribution in [0.25, 0.3) is 22.4 Å². The van der Waals surface area contributed by atoms with Crippen LogP contribution in [0, 0.1) is 0 Å². The zero-order valence-corrected chi connectivity index (χ0v) is 11.1. The minimum Gasteiger partial charge on any atom is -0.338 e. The Morgan fingerprint density at radius 2 is 1.94 bits per heavy atom. The van der Waals surface area contributed by atoms with Crippen molar-refractivity contribution in [3.8, 4) is 11.4 Å². The van der Waals surface area contributed by atoms with Crippen LogP contribution in [-0.2, 0) is 0 Å². The summed E-state index contributed by atoms with van der Waals surface area (Å²) in [6.07, 6.45) is 0. The molecule has 4 heteroatoms. The van der Waals surface area contributed by atoms with Crippen LogP contribution in [0.4, 0.5) is 0 Å². The maximum absolute atomic E-state index is 6.18. The van der Waals surface area contributed by atoms with E-state index in [-0.39, 0.29) is 0 Å². The van der Waals surface area contributed by atoms with Crippen LogP contribution in [0.2, 0.25) is 5.02 Å². The molecule has 3 aromatic rings. The molecule has 0 unspecified atom stereocenters. The van der Waals surface area contributed by atoms with Gasteiger partial charge in [0, 0.05) is 10.0 Å². The summed E-state index contributed by atoms with van der Waals surface area (Å²) in [5, 5.41) is 0.687. The van der Waals surface area contributed by atoms with E-state index in [2.05, 4.69) is 25.9 Å². The molecule has 0 radical (unpaired) electrons. The van der Waals surface area contributed by atoms with Crippen molar-refractivity contribution < 1.29 is 0 Å². The van der Waals surface area contributed by atoms with E-state index >= 15 is 0 Å². The molecule has 0 saturated heterocycles. The molecule has 2 aromatic carbocycles. The van der Waals surface area contributed by atoms with Gasteiger partial charge in [0.25, 0.3) is 0 Å². The zero-order valence-electron chi connectivity index (χ0n) is 8.74. The number of aromatic amines is 1.